The predicted octanol–water partition coefficient (Wildman–Crippen LogP) is 3.68. The first kappa shape index (κ1) is 20.6. The van der Waals surface area contributed by atoms with Crippen LogP contribution in [0.5, 0.6) is 0 Å². The molecule has 6 heteroatoms. The maximum atomic E-state index is 12.3. The number of rotatable bonds is 6. The first-order valence-electron chi connectivity index (χ1n) is 9.82. The van der Waals surface area contributed by atoms with Crippen molar-refractivity contribution in [2.75, 3.05) is 13.1 Å². The molecule has 2 N–H and O–H groups in total. The maximum Gasteiger partial charge on any atom is 0.407 e. The van der Waals surface area contributed by atoms with Crippen LogP contribution in [-0.2, 0) is 11.3 Å². The molecule has 0 spiro atoms. The Kier molecular flexibility index (Phi) is 6.32. The van der Waals surface area contributed by atoms with Gasteiger partial charge in [0, 0.05) is 29.8 Å². The number of carbonyl (C=O) groups is 2. The van der Waals surface area contributed by atoms with E-state index in [9.17, 15) is 9.59 Å². The van der Waals surface area contributed by atoms with Crippen molar-refractivity contribution in [1.29, 1.82) is 0 Å². The van der Waals surface area contributed by atoms with Crippen LogP contribution >= 0.6 is 0 Å². The molecule has 1 heterocycles. The van der Waals surface area contributed by atoms with Crippen LogP contribution < -0.4 is 10.6 Å². The highest BCUT2D eigenvalue weighted by atomic mass is 16.6. The van der Waals surface area contributed by atoms with E-state index in [-0.39, 0.29) is 5.91 Å². The molecular formula is C23H27N3O3. The topological polar surface area (TPSA) is 79.8 Å². The molecule has 0 atom stereocenters. The minimum atomic E-state index is -0.517. The Labute approximate surface area is 171 Å². The zero-order chi connectivity index (χ0) is 20.9. The fourth-order valence-corrected chi connectivity index (χ4v) is 3.06. The van der Waals surface area contributed by atoms with Crippen molar-refractivity contribution < 1.29 is 14.3 Å². The van der Waals surface area contributed by atoms with Crippen LogP contribution in [0.4, 0.5) is 4.79 Å². The van der Waals surface area contributed by atoms with Gasteiger partial charge in [0.2, 0.25) is 0 Å². The molecule has 1 aliphatic heterocycles. The van der Waals surface area contributed by atoms with Crippen LogP contribution in [0.1, 0.15) is 54.2 Å². The highest BCUT2D eigenvalue weighted by Gasteiger charge is 2.17. The number of amides is 2. The Bertz CT molecular complexity index is 912. The number of nitrogens with zero attached hydrogens (tertiary/aromatic N) is 1. The van der Waals surface area contributed by atoms with Gasteiger partial charge in [-0.2, -0.15) is 0 Å². The van der Waals surface area contributed by atoms with Crippen molar-refractivity contribution in [3.63, 3.8) is 0 Å². The number of aliphatic imine (C=N–C) groups is 1. The maximum absolute atomic E-state index is 12.3. The Morgan fingerprint density at radius 2 is 1.69 bits per heavy atom. The Morgan fingerprint density at radius 1 is 1.00 bits per heavy atom. The van der Waals surface area contributed by atoms with Crippen molar-refractivity contribution in [2.45, 2.75) is 39.3 Å². The summed E-state index contributed by atoms with van der Waals surface area (Å²) < 4.78 is 5.16. The third-order valence-corrected chi connectivity index (χ3v) is 4.41. The van der Waals surface area contributed by atoms with Crippen LogP contribution in [0.15, 0.2) is 53.5 Å². The van der Waals surface area contributed by atoms with Crippen LogP contribution in [0, 0.1) is 0 Å². The lowest BCUT2D eigenvalue weighted by atomic mass is 9.99. The Hall–Kier alpha value is -3.15. The second kappa shape index (κ2) is 8.90. The molecule has 0 bridgehead atoms. The SMILES string of the molecule is CC(C)(C)OC(=O)NCCCNC(=O)c1ccc(C2=NCc3ccccc32)cc1. The first-order chi connectivity index (χ1) is 13.8. The lowest BCUT2D eigenvalue weighted by Crippen LogP contribution is -2.34. The molecule has 3 rings (SSSR count). The van der Waals surface area contributed by atoms with Gasteiger partial charge >= 0.3 is 6.09 Å². The molecule has 2 aromatic rings. The lowest BCUT2D eigenvalue weighted by molar-refractivity contribution is 0.0527. The van der Waals surface area contributed by atoms with Gasteiger partial charge in [-0.1, -0.05) is 36.4 Å². The molecule has 0 aliphatic carbocycles. The summed E-state index contributed by atoms with van der Waals surface area (Å²) in [5, 5.41) is 5.54. The zero-order valence-corrected chi connectivity index (χ0v) is 17.1. The summed E-state index contributed by atoms with van der Waals surface area (Å²) in [7, 11) is 0. The molecule has 29 heavy (non-hydrogen) atoms. The van der Waals surface area contributed by atoms with Crippen molar-refractivity contribution >= 4 is 17.7 Å². The van der Waals surface area contributed by atoms with Gasteiger partial charge in [-0.3, -0.25) is 9.79 Å². The minimum absolute atomic E-state index is 0.137. The highest BCUT2D eigenvalue weighted by molar-refractivity contribution is 6.15. The summed E-state index contributed by atoms with van der Waals surface area (Å²) in [6.45, 7) is 7.05. The number of ether oxygens (including phenoxy) is 1. The van der Waals surface area contributed by atoms with Crippen molar-refractivity contribution in [1.82, 2.24) is 10.6 Å². The summed E-state index contributed by atoms with van der Waals surface area (Å²) in [4.78, 5) is 28.5. The van der Waals surface area contributed by atoms with Crippen molar-refractivity contribution in [2.24, 2.45) is 4.99 Å². The quantitative estimate of drug-likeness (QED) is 0.735. The van der Waals surface area contributed by atoms with Crippen molar-refractivity contribution in [3.8, 4) is 0 Å². The Morgan fingerprint density at radius 3 is 2.41 bits per heavy atom. The molecule has 2 aromatic carbocycles. The summed E-state index contributed by atoms with van der Waals surface area (Å²) in [5.74, 6) is -0.137. The summed E-state index contributed by atoms with van der Waals surface area (Å²) >= 11 is 0. The van der Waals surface area contributed by atoms with Crippen molar-refractivity contribution in [3.05, 3.63) is 70.8 Å². The number of alkyl carbamates (subject to hydrolysis) is 1. The third-order valence-electron chi connectivity index (χ3n) is 4.41. The average molecular weight is 393 g/mol. The second-order valence-electron chi connectivity index (χ2n) is 7.94. The van der Waals surface area contributed by atoms with E-state index in [0.29, 0.717) is 31.6 Å². The van der Waals surface area contributed by atoms with Gasteiger partial charge in [0.15, 0.2) is 0 Å². The molecule has 0 aromatic heterocycles. The fraction of sp³-hybridized carbons (Fsp3) is 0.348. The smallest absolute Gasteiger partial charge is 0.407 e. The van der Waals surface area contributed by atoms with Crippen LogP contribution in [0.3, 0.4) is 0 Å². The minimum Gasteiger partial charge on any atom is -0.444 e. The molecule has 0 saturated carbocycles. The molecule has 6 nitrogen and oxygen atoms in total. The molecule has 0 fully saturated rings. The van der Waals surface area contributed by atoms with Gasteiger partial charge in [0.05, 0.1) is 12.3 Å². The van der Waals surface area contributed by atoms with E-state index in [1.165, 1.54) is 5.56 Å². The predicted molar refractivity (Wildman–Crippen MR) is 113 cm³/mol. The van der Waals surface area contributed by atoms with E-state index >= 15 is 0 Å². The number of hydrogen-bond acceptors (Lipinski definition) is 4. The molecule has 0 radical (unpaired) electrons. The second-order valence-corrected chi connectivity index (χ2v) is 7.94. The highest BCUT2D eigenvalue weighted by Crippen LogP contribution is 2.22. The number of fused-ring (bicyclic) bond motifs is 1. The van der Waals surface area contributed by atoms with Gasteiger partial charge in [-0.05, 0) is 44.9 Å². The van der Waals surface area contributed by atoms with E-state index in [0.717, 1.165) is 16.8 Å². The number of nitrogens with one attached hydrogen (secondary N) is 2. The standard InChI is InChI=1S/C23H27N3O3/c1-23(2,3)29-22(28)25-14-6-13-24-21(27)17-11-9-16(10-12-17)20-19-8-5-4-7-18(19)15-26-20/h4-5,7-12H,6,13-15H2,1-3H3,(H,24,27)(H,25,28). The molecule has 0 unspecified atom stereocenters. The summed E-state index contributed by atoms with van der Waals surface area (Å²) in [6.07, 6.45) is 0.173. The molecule has 1 aliphatic rings. The lowest BCUT2D eigenvalue weighted by Gasteiger charge is -2.19. The normalized spacial score (nSPS) is 12.7. The van der Waals surface area contributed by atoms with Crippen LogP contribution in [0.25, 0.3) is 0 Å². The molecule has 2 amide bonds. The van der Waals surface area contributed by atoms with Crippen LogP contribution in [0.2, 0.25) is 0 Å². The van der Waals surface area contributed by atoms with Gasteiger partial charge in [-0.15, -0.1) is 0 Å². The van der Waals surface area contributed by atoms with E-state index in [1.54, 1.807) is 0 Å². The van der Waals surface area contributed by atoms with Gasteiger partial charge < -0.3 is 15.4 Å². The van der Waals surface area contributed by atoms with E-state index in [4.69, 9.17) is 4.74 Å². The first-order valence-corrected chi connectivity index (χ1v) is 9.82. The van der Waals surface area contributed by atoms with E-state index in [2.05, 4.69) is 27.8 Å². The van der Waals surface area contributed by atoms with Gasteiger partial charge in [0.1, 0.15) is 5.60 Å². The summed E-state index contributed by atoms with van der Waals surface area (Å²) in [6, 6.07) is 15.7. The number of benzene rings is 2. The largest absolute Gasteiger partial charge is 0.444 e. The van der Waals surface area contributed by atoms with E-state index in [1.807, 2.05) is 57.2 Å². The van der Waals surface area contributed by atoms with Gasteiger partial charge in [0.25, 0.3) is 5.91 Å². The molecule has 0 saturated heterocycles. The Balaban J connectivity index is 1.45. The van der Waals surface area contributed by atoms with Crippen LogP contribution in [-0.4, -0.2) is 36.4 Å². The number of carbonyl (C=O) groups excluding carboxylic acids is 2. The fourth-order valence-electron chi connectivity index (χ4n) is 3.06. The molecule has 152 valence electrons. The zero-order valence-electron chi connectivity index (χ0n) is 17.1. The third kappa shape index (κ3) is 5.67. The average Bonchev–Trinajstić information content (AvgIpc) is 3.10. The monoisotopic (exact) mass is 393 g/mol. The molecular weight excluding hydrogens is 366 g/mol. The number of hydrogen-bond donors (Lipinski definition) is 2. The van der Waals surface area contributed by atoms with Gasteiger partial charge in [-0.25, -0.2) is 4.79 Å². The van der Waals surface area contributed by atoms with E-state index < -0.39 is 11.7 Å². The summed E-state index contributed by atoms with van der Waals surface area (Å²) in [5.41, 5.74) is 4.44.